The minimum atomic E-state index is -0.111. The first-order valence-corrected chi connectivity index (χ1v) is 6.70. The Morgan fingerprint density at radius 2 is 1.94 bits per heavy atom. The molecule has 2 rings (SSSR count). The average Bonchev–Trinajstić information content (AvgIpc) is 2.70. The second-order valence-corrected chi connectivity index (χ2v) is 5.72. The Labute approximate surface area is 103 Å². The molecule has 0 aromatic heterocycles. The maximum atomic E-state index is 11.9. The molecular weight excluding hydrogens is 214 g/mol. The van der Waals surface area contributed by atoms with Crippen molar-refractivity contribution in [2.75, 3.05) is 0 Å². The van der Waals surface area contributed by atoms with Gasteiger partial charge in [0.2, 0.25) is 0 Å². The number of hydrogen-bond donors (Lipinski definition) is 1. The van der Waals surface area contributed by atoms with Gasteiger partial charge in [-0.3, -0.25) is 4.79 Å². The van der Waals surface area contributed by atoms with E-state index in [4.69, 9.17) is 10.5 Å². The van der Waals surface area contributed by atoms with Crippen molar-refractivity contribution < 1.29 is 9.53 Å². The molecule has 0 spiro atoms. The minimum Gasteiger partial charge on any atom is -0.462 e. The van der Waals surface area contributed by atoms with E-state index < -0.39 is 0 Å². The van der Waals surface area contributed by atoms with Gasteiger partial charge in [-0.15, -0.1) is 0 Å². The summed E-state index contributed by atoms with van der Waals surface area (Å²) in [5, 5.41) is 0. The van der Waals surface area contributed by atoms with Crippen LogP contribution in [0.5, 0.6) is 0 Å². The summed E-state index contributed by atoms with van der Waals surface area (Å²) >= 11 is 0. The Morgan fingerprint density at radius 3 is 2.53 bits per heavy atom. The first kappa shape index (κ1) is 12.6. The lowest BCUT2D eigenvalue weighted by Gasteiger charge is -2.32. The van der Waals surface area contributed by atoms with Gasteiger partial charge < -0.3 is 10.5 Å². The second kappa shape index (κ2) is 5.21. The molecule has 0 aliphatic heterocycles. The molecule has 3 heteroatoms. The van der Waals surface area contributed by atoms with Crippen LogP contribution in [0.15, 0.2) is 12.2 Å². The highest BCUT2D eigenvalue weighted by atomic mass is 16.5. The number of hydrogen-bond acceptors (Lipinski definition) is 3. The topological polar surface area (TPSA) is 52.3 Å². The Bertz CT molecular complexity index is 313. The Hall–Kier alpha value is -0.830. The monoisotopic (exact) mass is 237 g/mol. The number of carbonyl (C=O) groups excluding carboxylic acids is 1. The van der Waals surface area contributed by atoms with Crippen molar-refractivity contribution >= 4 is 5.97 Å². The first-order valence-electron chi connectivity index (χ1n) is 6.70. The smallest absolute Gasteiger partial charge is 0.313 e. The molecule has 0 aromatic carbocycles. The Balaban J connectivity index is 1.81. The van der Waals surface area contributed by atoms with Crippen LogP contribution in [0.25, 0.3) is 0 Å². The van der Waals surface area contributed by atoms with Crippen LogP contribution in [0.1, 0.15) is 39.5 Å². The van der Waals surface area contributed by atoms with Gasteiger partial charge in [0.1, 0.15) is 6.10 Å². The van der Waals surface area contributed by atoms with E-state index in [0.29, 0.717) is 12.3 Å². The highest BCUT2D eigenvalue weighted by Crippen LogP contribution is 2.31. The largest absolute Gasteiger partial charge is 0.462 e. The zero-order valence-corrected chi connectivity index (χ0v) is 10.8. The van der Waals surface area contributed by atoms with E-state index in [2.05, 4.69) is 13.8 Å². The van der Waals surface area contributed by atoms with Crippen LogP contribution in [0.2, 0.25) is 0 Å². The maximum absolute atomic E-state index is 11.9. The summed E-state index contributed by atoms with van der Waals surface area (Å²) in [5.74, 6) is 1.22. The lowest BCUT2D eigenvalue weighted by atomic mass is 9.80. The van der Waals surface area contributed by atoms with Crippen molar-refractivity contribution in [3.8, 4) is 0 Å². The summed E-state index contributed by atoms with van der Waals surface area (Å²) < 4.78 is 5.60. The summed E-state index contributed by atoms with van der Waals surface area (Å²) in [6, 6.07) is 0.0258. The van der Waals surface area contributed by atoms with Crippen molar-refractivity contribution in [2.24, 2.45) is 23.5 Å². The molecule has 1 saturated carbocycles. The Morgan fingerprint density at radius 1 is 1.18 bits per heavy atom. The van der Waals surface area contributed by atoms with E-state index in [0.717, 1.165) is 18.8 Å². The fraction of sp³-hybridized carbons (Fsp3) is 0.786. The van der Waals surface area contributed by atoms with Crippen molar-refractivity contribution in [1.29, 1.82) is 0 Å². The molecule has 0 heterocycles. The summed E-state index contributed by atoms with van der Waals surface area (Å²) in [7, 11) is 0. The molecule has 0 radical (unpaired) electrons. The lowest BCUT2D eigenvalue weighted by Crippen LogP contribution is -2.31. The molecule has 5 atom stereocenters. The molecule has 3 nitrogen and oxygen atoms in total. The van der Waals surface area contributed by atoms with Crippen molar-refractivity contribution in [2.45, 2.75) is 51.7 Å². The quantitative estimate of drug-likeness (QED) is 0.592. The van der Waals surface area contributed by atoms with Gasteiger partial charge in [-0.25, -0.2) is 0 Å². The third-order valence-corrected chi connectivity index (χ3v) is 4.25. The van der Waals surface area contributed by atoms with E-state index in [9.17, 15) is 4.79 Å². The summed E-state index contributed by atoms with van der Waals surface area (Å²) in [4.78, 5) is 11.9. The van der Waals surface area contributed by atoms with E-state index in [1.165, 1.54) is 6.42 Å². The van der Waals surface area contributed by atoms with E-state index in [-0.39, 0.29) is 24.0 Å². The van der Waals surface area contributed by atoms with Crippen LogP contribution in [0.3, 0.4) is 0 Å². The molecule has 1 fully saturated rings. The first-order chi connectivity index (χ1) is 8.06. The molecule has 2 aliphatic carbocycles. The minimum absolute atomic E-state index is 0.0258. The fourth-order valence-electron chi connectivity index (χ4n) is 2.76. The maximum Gasteiger partial charge on any atom is 0.313 e. The second-order valence-electron chi connectivity index (χ2n) is 5.72. The number of ether oxygens (including phenoxy) is 1. The van der Waals surface area contributed by atoms with Crippen molar-refractivity contribution in [3.05, 3.63) is 12.2 Å². The lowest BCUT2D eigenvalue weighted by molar-refractivity contribution is -0.155. The van der Waals surface area contributed by atoms with Gasteiger partial charge in [-0.1, -0.05) is 26.0 Å². The number of rotatable bonds is 2. The molecule has 96 valence electrons. The fourth-order valence-corrected chi connectivity index (χ4v) is 2.76. The molecule has 0 amide bonds. The van der Waals surface area contributed by atoms with Crippen LogP contribution in [-0.2, 0) is 9.53 Å². The summed E-state index contributed by atoms with van der Waals surface area (Å²) in [5.41, 5.74) is 5.74. The number of carbonyl (C=O) groups is 1. The molecule has 2 aliphatic rings. The van der Waals surface area contributed by atoms with E-state index in [1.54, 1.807) is 0 Å². The van der Waals surface area contributed by atoms with Gasteiger partial charge in [0.25, 0.3) is 0 Å². The normalized spacial score (nSPS) is 41.5. The third kappa shape index (κ3) is 3.09. The van der Waals surface area contributed by atoms with E-state index in [1.807, 2.05) is 12.2 Å². The molecule has 5 unspecified atom stereocenters. The highest BCUT2D eigenvalue weighted by Gasteiger charge is 2.30. The highest BCUT2D eigenvalue weighted by molar-refractivity contribution is 5.75. The number of nitrogens with two attached hydrogens (primary N) is 1. The van der Waals surface area contributed by atoms with Gasteiger partial charge in [-0.05, 0) is 37.5 Å². The van der Waals surface area contributed by atoms with E-state index >= 15 is 0 Å². The average molecular weight is 237 g/mol. The van der Waals surface area contributed by atoms with Crippen LogP contribution < -0.4 is 5.73 Å². The van der Waals surface area contributed by atoms with Crippen LogP contribution in [0.4, 0.5) is 0 Å². The molecular formula is C14H23NO2. The molecule has 17 heavy (non-hydrogen) atoms. The Kier molecular flexibility index (Phi) is 3.87. The molecule has 0 bridgehead atoms. The zero-order chi connectivity index (χ0) is 12.4. The van der Waals surface area contributed by atoms with Gasteiger partial charge in [0.05, 0.1) is 5.92 Å². The van der Waals surface area contributed by atoms with Gasteiger partial charge in [0, 0.05) is 6.04 Å². The summed E-state index contributed by atoms with van der Waals surface area (Å²) in [6.45, 7) is 4.53. The van der Waals surface area contributed by atoms with Crippen molar-refractivity contribution in [1.82, 2.24) is 0 Å². The number of esters is 1. The molecule has 0 saturated heterocycles. The van der Waals surface area contributed by atoms with Crippen molar-refractivity contribution in [3.63, 3.8) is 0 Å². The zero-order valence-electron chi connectivity index (χ0n) is 10.8. The predicted molar refractivity (Wildman–Crippen MR) is 67.3 cm³/mol. The summed E-state index contributed by atoms with van der Waals surface area (Å²) in [6.07, 6.45) is 7.81. The molecule has 0 aromatic rings. The van der Waals surface area contributed by atoms with Gasteiger partial charge in [0.15, 0.2) is 0 Å². The van der Waals surface area contributed by atoms with Crippen LogP contribution in [0, 0.1) is 17.8 Å². The molecule has 2 N–H and O–H groups in total. The third-order valence-electron chi connectivity index (χ3n) is 4.25. The van der Waals surface area contributed by atoms with Gasteiger partial charge >= 0.3 is 5.97 Å². The SMILES string of the molecule is CC1CCC(OC(=O)C2C=CC(N)C2)CC1C. The standard InChI is InChI=1S/C14H23NO2/c1-9-3-6-13(7-10(9)2)17-14(16)11-4-5-12(15)8-11/h4-5,9-13H,3,6-8,15H2,1-2H3. The van der Waals surface area contributed by atoms with Crippen LogP contribution in [-0.4, -0.2) is 18.1 Å². The predicted octanol–water partition coefficient (Wildman–Crippen LogP) is 2.26. The van der Waals surface area contributed by atoms with Gasteiger partial charge in [-0.2, -0.15) is 0 Å². The van der Waals surface area contributed by atoms with Crippen LogP contribution >= 0.6 is 0 Å².